The van der Waals surface area contributed by atoms with Crippen molar-refractivity contribution < 1.29 is 14.6 Å². The maximum atomic E-state index is 12.5. The van der Waals surface area contributed by atoms with Crippen molar-refractivity contribution in [1.82, 2.24) is 14.5 Å². The van der Waals surface area contributed by atoms with Gasteiger partial charge in [-0.2, -0.15) is 0 Å². The van der Waals surface area contributed by atoms with E-state index in [2.05, 4.69) is 4.98 Å². The lowest BCUT2D eigenvalue weighted by molar-refractivity contribution is 0.0335. The summed E-state index contributed by atoms with van der Waals surface area (Å²) in [6, 6.07) is 0. The van der Waals surface area contributed by atoms with Gasteiger partial charge >= 0.3 is 11.7 Å². The van der Waals surface area contributed by atoms with E-state index in [9.17, 15) is 19.5 Å². The number of aromatic amines is 1. The smallest absolute Gasteiger partial charge is 0.352 e. The second-order valence-electron chi connectivity index (χ2n) is 5.29. The molecule has 2 rings (SSSR count). The average Bonchev–Trinajstić information content (AvgIpc) is 2.50. The van der Waals surface area contributed by atoms with E-state index >= 15 is 0 Å². The first-order chi connectivity index (χ1) is 10.5. The molecule has 0 radical (unpaired) electrons. The lowest BCUT2D eigenvalue weighted by atomic mass is 10.2. The standard InChI is InChI=1S/C14H21N3O5/c1-2-3-4-17-12(18)10(9-16-5-7-22-8-6-16)11(13(19)20)15-14(17)21/h2-9H2,1H3,(H,15,21)(H,19,20). The largest absolute Gasteiger partial charge is 0.477 e. The Morgan fingerprint density at radius 2 is 2.00 bits per heavy atom. The molecule has 0 unspecified atom stereocenters. The zero-order valence-electron chi connectivity index (χ0n) is 12.6. The molecule has 1 saturated heterocycles. The first kappa shape index (κ1) is 16.4. The Morgan fingerprint density at radius 3 is 2.59 bits per heavy atom. The number of nitrogens with zero attached hydrogens (tertiary/aromatic N) is 2. The van der Waals surface area contributed by atoms with Crippen LogP contribution in [0.3, 0.4) is 0 Å². The van der Waals surface area contributed by atoms with E-state index in [0.29, 0.717) is 39.3 Å². The van der Waals surface area contributed by atoms with Crippen LogP contribution in [0.25, 0.3) is 0 Å². The second-order valence-corrected chi connectivity index (χ2v) is 5.29. The molecule has 0 saturated carbocycles. The number of carbonyl (C=O) groups is 1. The van der Waals surface area contributed by atoms with Crippen LogP contribution in [-0.4, -0.2) is 51.8 Å². The molecule has 122 valence electrons. The van der Waals surface area contributed by atoms with Gasteiger partial charge in [0.2, 0.25) is 0 Å². The third-order valence-electron chi connectivity index (χ3n) is 3.72. The first-order valence-electron chi connectivity index (χ1n) is 7.44. The number of carboxylic acids is 1. The van der Waals surface area contributed by atoms with Crippen LogP contribution >= 0.6 is 0 Å². The van der Waals surface area contributed by atoms with Gasteiger partial charge in [0.15, 0.2) is 0 Å². The van der Waals surface area contributed by atoms with Gasteiger partial charge in [-0.1, -0.05) is 13.3 Å². The number of unbranched alkanes of at least 4 members (excludes halogenated alkanes) is 1. The Labute approximate surface area is 127 Å². The van der Waals surface area contributed by atoms with E-state index in [1.165, 1.54) is 0 Å². The molecule has 8 heteroatoms. The molecule has 0 amide bonds. The highest BCUT2D eigenvalue weighted by molar-refractivity contribution is 5.86. The fourth-order valence-electron chi connectivity index (χ4n) is 2.44. The predicted octanol–water partition coefficient (Wildman–Crippen LogP) is -0.133. The van der Waals surface area contributed by atoms with Crippen molar-refractivity contribution in [2.75, 3.05) is 26.3 Å². The van der Waals surface area contributed by atoms with Crippen LogP contribution in [0.1, 0.15) is 35.8 Å². The lowest BCUT2D eigenvalue weighted by Crippen LogP contribution is -2.43. The minimum Gasteiger partial charge on any atom is -0.477 e. The van der Waals surface area contributed by atoms with Crippen molar-refractivity contribution in [2.45, 2.75) is 32.9 Å². The molecule has 2 N–H and O–H groups in total. The number of hydrogen-bond acceptors (Lipinski definition) is 5. The summed E-state index contributed by atoms with van der Waals surface area (Å²) >= 11 is 0. The number of nitrogens with one attached hydrogen (secondary N) is 1. The molecule has 8 nitrogen and oxygen atoms in total. The van der Waals surface area contributed by atoms with Crippen LogP contribution in [0.15, 0.2) is 9.59 Å². The van der Waals surface area contributed by atoms with Gasteiger partial charge in [0.05, 0.1) is 18.8 Å². The highest BCUT2D eigenvalue weighted by atomic mass is 16.5. The number of aromatic nitrogens is 2. The number of morpholine rings is 1. The molecule has 0 aromatic carbocycles. The topological polar surface area (TPSA) is 105 Å². The third kappa shape index (κ3) is 3.63. The molecule has 2 heterocycles. The third-order valence-corrected chi connectivity index (χ3v) is 3.72. The van der Waals surface area contributed by atoms with Gasteiger partial charge in [0, 0.05) is 26.2 Å². The molecule has 1 aromatic heterocycles. The van der Waals surface area contributed by atoms with Gasteiger partial charge in [-0.05, 0) is 6.42 Å². The van der Waals surface area contributed by atoms with Gasteiger partial charge in [-0.15, -0.1) is 0 Å². The molecule has 22 heavy (non-hydrogen) atoms. The van der Waals surface area contributed by atoms with E-state index in [4.69, 9.17) is 4.74 Å². The predicted molar refractivity (Wildman–Crippen MR) is 79.3 cm³/mol. The molecule has 0 atom stereocenters. The van der Waals surface area contributed by atoms with Crippen molar-refractivity contribution in [3.8, 4) is 0 Å². The summed E-state index contributed by atoms with van der Waals surface area (Å²) in [5, 5.41) is 9.25. The van der Waals surface area contributed by atoms with E-state index in [1.807, 2.05) is 11.8 Å². The molecule has 0 bridgehead atoms. The van der Waals surface area contributed by atoms with E-state index in [1.54, 1.807) is 0 Å². The number of ether oxygens (including phenoxy) is 1. The molecular weight excluding hydrogens is 290 g/mol. The molecular formula is C14H21N3O5. The maximum Gasteiger partial charge on any atom is 0.352 e. The number of carboxylic acid groups (broad SMARTS) is 1. The van der Waals surface area contributed by atoms with Gasteiger partial charge in [0.25, 0.3) is 5.56 Å². The van der Waals surface area contributed by atoms with Crippen molar-refractivity contribution in [3.63, 3.8) is 0 Å². The monoisotopic (exact) mass is 311 g/mol. The molecule has 1 fully saturated rings. The van der Waals surface area contributed by atoms with Crippen molar-refractivity contribution in [2.24, 2.45) is 0 Å². The first-order valence-corrected chi connectivity index (χ1v) is 7.44. The van der Waals surface area contributed by atoms with Crippen molar-refractivity contribution in [3.05, 3.63) is 32.1 Å². The molecule has 0 spiro atoms. The Morgan fingerprint density at radius 1 is 1.32 bits per heavy atom. The Hall–Kier alpha value is -1.93. The van der Waals surface area contributed by atoms with Gasteiger partial charge in [-0.25, -0.2) is 9.59 Å². The minimum absolute atomic E-state index is 0.130. The fourth-order valence-corrected chi connectivity index (χ4v) is 2.44. The van der Waals surface area contributed by atoms with E-state index in [0.717, 1.165) is 11.0 Å². The minimum atomic E-state index is -1.29. The Balaban J connectivity index is 2.41. The lowest BCUT2D eigenvalue weighted by Gasteiger charge is -2.26. The molecule has 0 aliphatic carbocycles. The number of hydrogen-bond donors (Lipinski definition) is 2. The van der Waals surface area contributed by atoms with Crippen LogP contribution in [0.5, 0.6) is 0 Å². The Kier molecular flexibility index (Phi) is 5.51. The average molecular weight is 311 g/mol. The fraction of sp³-hybridized carbons (Fsp3) is 0.643. The Bertz CT molecular complexity index is 643. The number of rotatable bonds is 6. The van der Waals surface area contributed by atoms with E-state index in [-0.39, 0.29) is 17.8 Å². The SMILES string of the molecule is CCCCn1c(=O)[nH]c(C(=O)O)c(CN2CCOCC2)c1=O. The maximum absolute atomic E-state index is 12.5. The van der Waals surface area contributed by atoms with Crippen LogP contribution in [-0.2, 0) is 17.8 Å². The zero-order chi connectivity index (χ0) is 16.1. The summed E-state index contributed by atoms with van der Waals surface area (Å²) in [5.74, 6) is -1.29. The molecule has 1 aliphatic rings. The van der Waals surface area contributed by atoms with Crippen LogP contribution < -0.4 is 11.2 Å². The highest BCUT2D eigenvalue weighted by Gasteiger charge is 2.22. The van der Waals surface area contributed by atoms with Crippen LogP contribution in [0, 0.1) is 0 Å². The number of aromatic carboxylic acids is 1. The quantitative estimate of drug-likeness (QED) is 0.758. The summed E-state index contributed by atoms with van der Waals surface area (Å²) < 4.78 is 6.33. The van der Waals surface area contributed by atoms with Gasteiger partial charge in [-0.3, -0.25) is 14.3 Å². The summed E-state index contributed by atoms with van der Waals surface area (Å²) in [6.07, 6.45) is 1.53. The second kappa shape index (κ2) is 7.37. The zero-order valence-corrected chi connectivity index (χ0v) is 12.6. The van der Waals surface area contributed by atoms with Crippen LogP contribution in [0.4, 0.5) is 0 Å². The summed E-state index contributed by atoms with van der Waals surface area (Å²) in [6.45, 7) is 4.82. The molecule has 1 aromatic rings. The van der Waals surface area contributed by atoms with Gasteiger partial charge in [0.1, 0.15) is 5.69 Å². The van der Waals surface area contributed by atoms with E-state index < -0.39 is 17.2 Å². The van der Waals surface area contributed by atoms with Crippen LogP contribution in [0.2, 0.25) is 0 Å². The molecule has 1 aliphatic heterocycles. The summed E-state index contributed by atoms with van der Waals surface area (Å²) in [7, 11) is 0. The highest BCUT2D eigenvalue weighted by Crippen LogP contribution is 2.07. The van der Waals surface area contributed by atoms with Gasteiger partial charge < -0.3 is 14.8 Å². The summed E-state index contributed by atoms with van der Waals surface area (Å²) in [5.41, 5.74) is -1.36. The van der Waals surface area contributed by atoms with Crippen molar-refractivity contribution >= 4 is 5.97 Å². The van der Waals surface area contributed by atoms with Crippen molar-refractivity contribution in [1.29, 1.82) is 0 Å². The summed E-state index contributed by atoms with van der Waals surface area (Å²) in [4.78, 5) is 40.1. The normalized spacial score (nSPS) is 15.9. The number of H-pyrrole nitrogens is 1.